The van der Waals surface area contributed by atoms with E-state index in [1.54, 1.807) is 12.1 Å². The third-order valence-corrected chi connectivity index (χ3v) is 5.16. The molecule has 6 aromatic rings. The summed E-state index contributed by atoms with van der Waals surface area (Å²) in [5, 5.41) is 1.53. The van der Waals surface area contributed by atoms with E-state index < -0.39 is 24.6 Å². The van der Waals surface area contributed by atoms with E-state index in [0.29, 0.717) is 16.9 Å². The summed E-state index contributed by atoms with van der Waals surface area (Å²) in [6, 6.07) is 24.3. The van der Waals surface area contributed by atoms with Gasteiger partial charge in [-0.25, -0.2) is 4.98 Å². The number of benzene rings is 2. The van der Waals surface area contributed by atoms with Crippen molar-refractivity contribution in [1.82, 2.24) is 15.0 Å². The molecule has 4 heterocycles. The van der Waals surface area contributed by atoms with Gasteiger partial charge < -0.3 is 14.4 Å². The molecule has 5 heteroatoms. The fourth-order valence-corrected chi connectivity index (χ4v) is 3.48. The molecule has 0 aliphatic heterocycles. The van der Waals surface area contributed by atoms with Gasteiger partial charge >= 0.3 is 0 Å². The van der Waals surface area contributed by atoms with E-state index in [1.165, 1.54) is 5.56 Å². The molecule has 0 N–H and O–H groups in total. The van der Waals surface area contributed by atoms with E-state index in [9.17, 15) is 0 Å². The second kappa shape index (κ2) is 10.7. The normalized spacial score (nSPS) is 13.3. The van der Waals surface area contributed by atoms with Gasteiger partial charge in [-0.05, 0) is 55.3 Å². The Labute approximate surface area is 226 Å². The average Bonchev–Trinajstić information content (AvgIpc) is 3.29. The van der Waals surface area contributed by atoms with E-state index in [-0.39, 0.29) is 31.8 Å². The minimum Gasteiger partial charge on any atom is -0.486 e. The van der Waals surface area contributed by atoms with Gasteiger partial charge in [-0.15, -0.1) is 54.1 Å². The van der Waals surface area contributed by atoms with E-state index in [1.807, 2.05) is 62.5 Å². The molecule has 35 heavy (non-hydrogen) atoms. The molecule has 0 unspecified atom stereocenters. The SMILES string of the molecule is Cc1ccc(-c2[c-]cccc2)nc1.[2H]c1nc(-c2[c-]ccc3c2oc2nc(C)ccc23)c([2H])c([2H])c1C([2H])([2H])[2H].[Ir]. The van der Waals surface area contributed by atoms with Crippen LogP contribution in [0.15, 0.2) is 89.5 Å². The van der Waals surface area contributed by atoms with Gasteiger partial charge in [-0.2, -0.15) is 0 Å². The van der Waals surface area contributed by atoms with Crippen LogP contribution in [-0.4, -0.2) is 15.0 Å². The number of pyridine rings is 3. The molecule has 6 rings (SSSR count). The Kier molecular flexibility index (Phi) is 5.43. The van der Waals surface area contributed by atoms with Crippen molar-refractivity contribution in [1.29, 1.82) is 0 Å². The van der Waals surface area contributed by atoms with Crippen LogP contribution < -0.4 is 0 Å². The topological polar surface area (TPSA) is 51.8 Å². The number of nitrogens with zero attached hydrogens (tertiary/aromatic N) is 3. The first kappa shape index (κ1) is 17.7. The second-order valence-electron chi connectivity index (χ2n) is 7.70. The van der Waals surface area contributed by atoms with E-state index >= 15 is 0 Å². The van der Waals surface area contributed by atoms with Crippen molar-refractivity contribution >= 4 is 22.1 Å². The van der Waals surface area contributed by atoms with Crippen molar-refractivity contribution < 1.29 is 32.7 Å². The van der Waals surface area contributed by atoms with E-state index in [4.69, 9.17) is 12.6 Å². The quantitative estimate of drug-likeness (QED) is 0.187. The first-order valence-corrected chi connectivity index (χ1v) is 10.6. The zero-order valence-electron chi connectivity index (χ0n) is 24.9. The molecule has 0 atom stereocenters. The predicted octanol–water partition coefficient (Wildman–Crippen LogP) is 7.31. The summed E-state index contributed by atoms with van der Waals surface area (Å²) in [6.07, 6.45) is 1.32. The first-order valence-electron chi connectivity index (χ1n) is 13.6. The van der Waals surface area contributed by atoms with Gasteiger partial charge in [0.05, 0.1) is 9.70 Å². The fourth-order valence-electron chi connectivity index (χ4n) is 3.48. The predicted molar refractivity (Wildman–Crippen MR) is 136 cm³/mol. The Bertz CT molecular complexity index is 1840. The summed E-state index contributed by atoms with van der Waals surface area (Å²) in [5.74, 6) is 0. The number of hydrogen-bond acceptors (Lipinski definition) is 4. The molecule has 4 aromatic heterocycles. The van der Waals surface area contributed by atoms with Crippen molar-refractivity contribution in [3.8, 4) is 22.5 Å². The van der Waals surface area contributed by atoms with Crippen LogP contribution in [0.2, 0.25) is 0 Å². The number of aryl methyl sites for hydroxylation is 2. The number of hydrogen-bond donors (Lipinski definition) is 0. The third kappa shape index (κ3) is 5.37. The van der Waals surface area contributed by atoms with Crippen LogP contribution >= 0.6 is 0 Å². The van der Waals surface area contributed by atoms with Crippen LogP contribution in [0.1, 0.15) is 25.0 Å². The Hall–Kier alpha value is -3.66. The molecular formula is C30H23IrN3O-2. The van der Waals surface area contributed by atoms with Crippen molar-refractivity contribution in [3.05, 3.63) is 114 Å². The van der Waals surface area contributed by atoms with Gasteiger partial charge in [-0.3, -0.25) is 0 Å². The molecule has 0 bridgehead atoms. The maximum Gasteiger partial charge on any atom is 0.216 e. The van der Waals surface area contributed by atoms with Crippen LogP contribution in [0, 0.1) is 32.8 Å². The monoisotopic (exact) mass is 640 g/mol. The molecule has 1 radical (unpaired) electrons. The van der Waals surface area contributed by atoms with Crippen LogP contribution in [0.3, 0.4) is 0 Å². The number of rotatable bonds is 2. The average molecular weight is 640 g/mol. The van der Waals surface area contributed by atoms with Gasteiger partial charge in [0.15, 0.2) is 0 Å². The standard InChI is InChI=1S/C18H13N2O.C12H10N.Ir/c1-11-6-9-16(19-10-11)15-5-3-4-13-14-8-7-12(2)20-18(14)21-17(13)15;1-10-7-8-12(13-9-10)11-5-3-2-4-6-11;/h3-4,6-10H,1-2H3;2-5,7-9H,1H3;/q2*-1;/i1D3,6D,9D,10D;;. The maximum atomic E-state index is 8.23. The Morgan fingerprint density at radius 2 is 1.77 bits per heavy atom. The van der Waals surface area contributed by atoms with Gasteiger partial charge in [0.25, 0.3) is 0 Å². The van der Waals surface area contributed by atoms with Crippen LogP contribution in [0.4, 0.5) is 0 Å². The van der Waals surface area contributed by atoms with E-state index in [2.05, 4.69) is 33.2 Å². The van der Waals surface area contributed by atoms with Crippen molar-refractivity contribution in [2.75, 3.05) is 0 Å². The molecule has 0 saturated heterocycles. The summed E-state index contributed by atoms with van der Waals surface area (Å²) in [5.41, 5.74) is 4.54. The molecule has 175 valence electrons. The van der Waals surface area contributed by atoms with Crippen molar-refractivity contribution in [2.24, 2.45) is 0 Å². The Balaban J connectivity index is 0.000000233. The Morgan fingerprint density at radius 1 is 0.857 bits per heavy atom. The summed E-state index contributed by atoms with van der Waals surface area (Å²) >= 11 is 0. The van der Waals surface area contributed by atoms with E-state index in [0.717, 1.165) is 27.7 Å². The molecule has 0 amide bonds. The second-order valence-corrected chi connectivity index (χ2v) is 7.70. The van der Waals surface area contributed by atoms with Crippen molar-refractivity contribution in [3.63, 3.8) is 0 Å². The summed E-state index contributed by atoms with van der Waals surface area (Å²) < 4.78 is 52.6. The van der Waals surface area contributed by atoms with Gasteiger partial charge in [0.1, 0.15) is 0 Å². The van der Waals surface area contributed by atoms with Gasteiger partial charge in [0, 0.05) is 47.7 Å². The minimum atomic E-state index is -2.69. The molecule has 0 spiro atoms. The zero-order chi connectivity index (χ0) is 28.6. The summed E-state index contributed by atoms with van der Waals surface area (Å²) in [4.78, 5) is 12.7. The Morgan fingerprint density at radius 3 is 2.54 bits per heavy atom. The van der Waals surface area contributed by atoms with Crippen LogP contribution in [0.25, 0.3) is 44.6 Å². The molecule has 0 aliphatic carbocycles. The minimum absolute atomic E-state index is 0. The molecule has 0 aliphatic rings. The maximum absolute atomic E-state index is 8.23. The molecule has 0 fully saturated rings. The smallest absolute Gasteiger partial charge is 0.216 e. The number of fused-ring (bicyclic) bond motifs is 3. The van der Waals surface area contributed by atoms with Gasteiger partial charge in [0.2, 0.25) is 5.71 Å². The largest absolute Gasteiger partial charge is 0.486 e. The molecular weight excluding hydrogens is 611 g/mol. The molecule has 4 nitrogen and oxygen atoms in total. The molecule has 2 aromatic carbocycles. The van der Waals surface area contributed by atoms with Crippen LogP contribution in [-0.2, 0) is 20.1 Å². The number of aromatic nitrogens is 3. The van der Waals surface area contributed by atoms with Crippen LogP contribution in [0.5, 0.6) is 0 Å². The fraction of sp³-hybridized carbons (Fsp3) is 0.100. The van der Waals surface area contributed by atoms with Gasteiger partial charge in [-0.1, -0.05) is 35.2 Å². The summed E-state index contributed by atoms with van der Waals surface area (Å²) in [7, 11) is 0. The third-order valence-electron chi connectivity index (χ3n) is 5.16. The first-order chi connectivity index (χ1) is 19.0. The van der Waals surface area contributed by atoms with Crippen molar-refractivity contribution in [2.45, 2.75) is 20.7 Å². The summed E-state index contributed by atoms with van der Waals surface area (Å²) in [6.45, 7) is 1.19. The zero-order valence-corrected chi connectivity index (χ0v) is 21.3. The number of furan rings is 1. The molecule has 0 saturated carbocycles.